The van der Waals surface area contributed by atoms with Crippen molar-refractivity contribution in [3.8, 4) is 33.9 Å². The second kappa shape index (κ2) is 8.81. The SMILES string of the molecule is O=C(/C=C\c1ccc2c(c1)OCO2)NCc1cc(-c2ccc(-c3ccccc3)cc2)on1. The van der Waals surface area contributed by atoms with Gasteiger partial charge >= 0.3 is 0 Å². The molecule has 4 aromatic rings. The highest BCUT2D eigenvalue weighted by atomic mass is 16.7. The lowest BCUT2D eigenvalue weighted by atomic mass is 10.0. The van der Waals surface area contributed by atoms with Gasteiger partial charge in [-0.3, -0.25) is 4.79 Å². The zero-order valence-electron chi connectivity index (χ0n) is 17.2. The third-order valence-electron chi connectivity index (χ3n) is 5.10. The lowest BCUT2D eigenvalue weighted by Crippen LogP contribution is -2.20. The van der Waals surface area contributed by atoms with Gasteiger partial charge in [0, 0.05) is 17.7 Å². The van der Waals surface area contributed by atoms with E-state index in [2.05, 4.69) is 34.7 Å². The molecule has 1 aromatic heterocycles. The second-order valence-electron chi connectivity index (χ2n) is 7.29. The molecule has 0 saturated carbocycles. The third kappa shape index (κ3) is 4.39. The minimum atomic E-state index is -0.223. The van der Waals surface area contributed by atoms with Crippen LogP contribution in [0, 0.1) is 0 Å². The molecule has 0 atom stereocenters. The van der Waals surface area contributed by atoms with Crippen LogP contribution in [0.4, 0.5) is 0 Å². The Morgan fingerprint density at radius 2 is 1.62 bits per heavy atom. The van der Waals surface area contributed by atoms with Crippen LogP contribution in [0.1, 0.15) is 11.3 Å². The van der Waals surface area contributed by atoms with Crippen molar-refractivity contribution < 1.29 is 18.8 Å². The summed E-state index contributed by atoms with van der Waals surface area (Å²) in [7, 11) is 0. The van der Waals surface area contributed by atoms with Gasteiger partial charge in [-0.15, -0.1) is 0 Å². The van der Waals surface area contributed by atoms with Crippen molar-refractivity contribution in [2.75, 3.05) is 6.79 Å². The summed E-state index contributed by atoms with van der Waals surface area (Å²) in [6.45, 7) is 0.496. The van der Waals surface area contributed by atoms with Crippen molar-refractivity contribution in [1.29, 1.82) is 0 Å². The Morgan fingerprint density at radius 3 is 2.47 bits per heavy atom. The van der Waals surface area contributed by atoms with Crippen molar-refractivity contribution >= 4 is 12.0 Å². The summed E-state index contributed by atoms with van der Waals surface area (Å²) < 4.78 is 16.1. The second-order valence-corrected chi connectivity index (χ2v) is 7.29. The van der Waals surface area contributed by atoms with Crippen LogP contribution in [0.3, 0.4) is 0 Å². The summed E-state index contributed by atoms with van der Waals surface area (Å²) in [6, 6.07) is 25.6. The van der Waals surface area contributed by atoms with E-state index in [0.717, 1.165) is 22.3 Å². The van der Waals surface area contributed by atoms with E-state index in [1.54, 1.807) is 6.08 Å². The standard InChI is InChI=1S/C26H20N2O4/c29-26(13-7-18-6-12-23-25(14-18)31-17-30-23)27-16-22-15-24(32-28-22)21-10-8-20(9-11-21)19-4-2-1-3-5-19/h1-15H,16-17H2,(H,27,29)/b13-7-. The van der Waals surface area contributed by atoms with E-state index in [4.69, 9.17) is 14.0 Å². The molecular weight excluding hydrogens is 404 g/mol. The van der Waals surface area contributed by atoms with Gasteiger partial charge in [-0.2, -0.15) is 0 Å². The molecule has 1 amide bonds. The molecule has 0 spiro atoms. The van der Waals surface area contributed by atoms with Crippen LogP contribution in [0.2, 0.25) is 0 Å². The average molecular weight is 424 g/mol. The highest BCUT2D eigenvalue weighted by molar-refractivity contribution is 5.91. The molecule has 0 fully saturated rings. The summed E-state index contributed by atoms with van der Waals surface area (Å²) in [4.78, 5) is 12.2. The highest BCUT2D eigenvalue weighted by Crippen LogP contribution is 2.32. The number of hydrogen-bond donors (Lipinski definition) is 1. The lowest BCUT2D eigenvalue weighted by Gasteiger charge is -2.02. The first kappa shape index (κ1) is 19.6. The quantitative estimate of drug-likeness (QED) is 0.438. The molecule has 0 saturated heterocycles. The molecule has 0 aliphatic carbocycles. The van der Waals surface area contributed by atoms with Crippen LogP contribution in [0.5, 0.6) is 11.5 Å². The molecule has 5 rings (SSSR count). The fraction of sp³-hybridized carbons (Fsp3) is 0.0769. The first-order valence-corrected chi connectivity index (χ1v) is 10.2. The number of carbonyl (C=O) groups is 1. The van der Waals surface area contributed by atoms with Gasteiger partial charge in [-0.25, -0.2) is 0 Å². The van der Waals surface area contributed by atoms with Crippen molar-refractivity contribution in [2.24, 2.45) is 0 Å². The van der Waals surface area contributed by atoms with Crippen LogP contribution in [0.15, 0.2) is 89.5 Å². The number of amides is 1. The number of benzene rings is 3. The molecular formula is C26H20N2O4. The Morgan fingerprint density at radius 1 is 0.875 bits per heavy atom. The van der Waals surface area contributed by atoms with Crippen LogP contribution in [0.25, 0.3) is 28.5 Å². The zero-order chi connectivity index (χ0) is 21.8. The number of hydrogen-bond acceptors (Lipinski definition) is 5. The molecule has 0 unspecified atom stereocenters. The predicted molar refractivity (Wildman–Crippen MR) is 121 cm³/mol. The Labute approximate surface area is 185 Å². The van der Waals surface area contributed by atoms with Gasteiger partial charge in [0.1, 0.15) is 5.69 Å². The highest BCUT2D eigenvalue weighted by Gasteiger charge is 2.12. The van der Waals surface area contributed by atoms with E-state index in [1.807, 2.05) is 54.6 Å². The molecule has 32 heavy (non-hydrogen) atoms. The molecule has 158 valence electrons. The normalized spacial score (nSPS) is 12.2. The number of rotatable bonds is 6. The van der Waals surface area contributed by atoms with Crippen LogP contribution < -0.4 is 14.8 Å². The molecule has 2 heterocycles. The monoisotopic (exact) mass is 424 g/mol. The maximum absolute atomic E-state index is 12.2. The van der Waals surface area contributed by atoms with E-state index < -0.39 is 0 Å². The number of ether oxygens (including phenoxy) is 2. The summed E-state index contributed by atoms with van der Waals surface area (Å²) in [5, 5.41) is 6.87. The fourth-order valence-electron chi connectivity index (χ4n) is 3.41. The van der Waals surface area contributed by atoms with Gasteiger partial charge in [0.25, 0.3) is 0 Å². The third-order valence-corrected chi connectivity index (χ3v) is 5.10. The van der Waals surface area contributed by atoms with E-state index in [0.29, 0.717) is 23.0 Å². The topological polar surface area (TPSA) is 73.6 Å². The molecule has 0 radical (unpaired) electrons. The summed E-state index contributed by atoms with van der Waals surface area (Å²) >= 11 is 0. The molecule has 6 nitrogen and oxygen atoms in total. The number of fused-ring (bicyclic) bond motifs is 1. The largest absolute Gasteiger partial charge is 0.454 e. The van der Waals surface area contributed by atoms with E-state index >= 15 is 0 Å². The zero-order valence-corrected chi connectivity index (χ0v) is 17.2. The molecule has 1 aliphatic heterocycles. The lowest BCUT2D eigenvalue weighted by molar-refractivity contribution is -0.116. The van der Waals surface area contributed by atoms with Crippen molar-refractivity contribution in [1.82, 2.24) is 10.5 Å². The molecule has 3 aromatic carbocycles. The van der Waals surface area contributed by atoms with E-state index in [1.165, 1.54) is 6.08 Å². The summed E-state index contributed by atoms with van der Waals surface area (Å²) in [6.07, 6.45) is 3.20. The number of carbonyl (C=O) groups excluding carboxylic acids is 1. The van der Waals surface area contributed by atoms with Crippen LogP contribution in [-0.4, -0.2) is 17.9 Å². The fourth-order valence-corrected chi connectivity index (χ4v) is 3.41. The summed E-state index contributed by atoms with van der Waals surface area (Å²) in [5.41, 5.74) is 4.73. The number of aromatic nitrogens is 1. The van der Waals surface area contributed by atoms with Gasteiger partial charge in [0.15, 0.2) is 17.3 Å². The first-order chi connectivity index (χ1) is 15.7. The molecule has 1 N–H and O–H groups in total. The summed E-state index contributed by atoms with van der Waals surface area (Å²) in [5.74, 6) is 1.83. The van der Waals surface area contributed by atoms with Gasteiger partial charge in [-0.1, -0.05) is 65.8 Å². The van der Waals surface area contributed by atoms with E-state index in [9.17, 15) is 4.79 Å². The minimum absolute atomic E-state index is 0.222. The van der Waals surface area contributed by atoms with E-state index in [-0.39, 0.29) is 19.2 Å². The minimum Gasteiger partial charge on any atom is -0.454 e. The molecule has 0 bridgehead atoms. The van der Waals surface area contributed by atoms with Crippen molar-refractivity contribution in [3.63, 3.8) is 0 Å². The van der Waals surface area contributed by atoms with Gasteiger partial charge in [0.05, 0.1) is 6.54 Å². The Kier molecular flexibility index (Phi) is 5.41. The van der Waals surface area contributed by atoms with Crippen LogP contribution in [-0.2, 0) is 11.3 Å². The first-order valence-electron chi connectivity index (χ1n) is 10.2. The van der Waals surface area contributed by atoms with Gasteiger partial charge < -0.3 is 19.3 Å². The molecule has 1 aliphatic rings. The Hall–Kier alpha value is -4.32. The van der Waals surface area contributed by atoms with Gasteiger partial charge in [-0.05, 0) is 34.9 Å². The number of nitrogens with zero attached hydrogens (tertiary/aromatic N) is 1. The number of nitrogens with one attached hydrogen (secondary N) is 1. The Bertz CT molecular complexity index is 1260. The maximum Gasteiger partial charge on any atom is 0.244 e. The predicted octanol–water partition coefficient (Wildman–Crippen LogP) is 5.07. The van der Waals surface area contributed by atoms with Crippen molar-refractivity contribution in [2.45, 2.75) is 6.54 Å². The van der Waals surface area contributed by atoms with Gasteiger partial charge in [0.2, 0.25) is 12.7 Å². The maximum atomic E-state index is 12.2. The van der Waals surface area contributed by atoms with Crippen LogP contribution >= 0.6 is 0 Å². The average Bonchev–Trinajstić information content (AvgIpc) is 3.51. The smallest absolute Gasteiger partial charge is 0.244 e. The molecule has 6 heteroatoms. The Balaban J connectivity index is 1.18. The van der Waals surface area contributed by atoms with Crippen molar-refractivity contribution in [3.05, 3.63) is 96.2 Å².